The lowest BCUT2D eigenvalue weighted by Gasteiger charge is -2.17. The number of halogens is 1. The summed E-state index contributed by atoms with van der Waals surface area (Å²) in [5.41, 5.74) is 0. The maximum absolute atomic E-state index is 12.8. The first-order chi connectivity index (χ1) is 8.76. The zero-order chi connectivity index (χ0) is 14.3. The molecule has 2 rings (SSSR count). The Balaban J connectivity index is 2.42. The van der Waals surface area contributed by atoms with Crippen molar-refractivity contribution < 1.29 is 21.2 Å². The highest BCUT2D eigenvalue weighted by molar-refractivity contribution is 7.96. The van der Waals surface area contributed by atoms with Crippen molar-refractivity contribution in [2.45, 2.75) is 16.2 Å². The molecule has 1 saturated heterocycles. The molecular weight excluding hydrogens is 293 g/mol. The van der Waals surface area contributed by atoms with E-state index < -0.39 is 42.5 Å². The highest BCUT2D eigenvalue weighted by Gasteiger charge is 2.45. The fourth-order valence-corrected chi connectivity index (χ4v) is 6.99. The summed E-state index contributed by atoms with van der Waals surface area (Å²) in [7, 11) is -5.64. The average Bonchev–Trinajstić information content (AvgIpc) is 2.66. The molecule has 0 amide bonds. The van der Waals surface area contributed by atoms with Crippen molar-refractivity contribution in [3.63, 3.8) is 0 Å². The van der Waals surface area contributed by atoms with Gasteiger partial charge in [-0.2, -0.15) is 0 Å². The van der Waals surface area contributed by atoms with Crippen molar-refractivity contribution in [1.82, 2.24) is 5.32 Å². The zero-order valence-corrected chi connectivity index (χ0v) is 11.8. The molecule has 1 aromatic carbocycles. The van der Waals surface area contributed by atoms with E-state index in [1.807, 2.05) is 0 Å². The SMILES string of the molecule is CN[C@H]1CS(=O)(=O)C[C@@H]1S(=O)(=O)c1ccc(F)cc1. The molecule has 0 spiro atoms. The average molecular weight is 307 g/mol. The minimum Gasteiger partial charge on any atom is -0.315 e. The van der Waals surface area contributed by atoms with E-state index in [4.69, 9.17) is 0 Å². The maximum Gasteiger partial charge on any atom is 0.183 e. The Labute approximate surface area is 111 Å². The van der Waals surface area contributed by atoms with Crippen molar-refractivity contribution >= 4 is 19.7 Å². The van der Waals surface area contributed by atoms with Gasteiger partial charge in [0.15, 0.2) is 19.7 Å². The summed E-state index contributed by atoms with van der Waals surface area (Å²) >= 11 is 0. The second-order valence-electron chi connectivity index (χ2n) is 4.51. The van der Waals surface area contributed by atoms with Gasteiger partial charge in [0.1, 0.15) is 5.82 Å². The summed E-state index contributed by atoms with van der Waals surface area (Å²) in [5, 5.41) is 1.69. The molecule has 1 fully saturated rings. The first kappa shape index (κ1) is 14.4. The molecule has 8 heteroatoms. The Hall–Kier alpha value is -0.990. The van der Waals surface area contributed by atoms with Crippen LogP contribution in [0.4, 0.5) is 4.39 Å². The van der Waals surface area contributed by atoms with Gasteiger partial charge in [0.05, 0.1) is 21.7 Å². The molecule has 0 aromatic heterocycles. The number of hydrogen-bond acceptors (Lipinski definition) is 5. The lowest BCUT2D eigenvalue weighted by Crippen LogP contribution is -2.41. The molecule has 0 radical (unpaired) electrons. The molecule has 0 aliphatic carbocycles. The van der Waals surface area contributed by atoms with Crippen LogP contribution in [0.1, 0.15) is 0 Å². The van der Waals surface area contributed by atoms with Crippen LogP contribution in [0.2, 0.25) is 0 Å². The van der Waals surface area contributed by atoms with Gasteiger partial charge in [0.25, 0.3) is 0 Å². The van der Waals surface area contributed by atoms with Crippen molar-refractivity contribution in [1.29, 1.82) is 0 Å². The largest absolute Gasteiger partial charge is 0.315 e. The van der Waals surface area contributed by atoms with Crippen molar-refractivity contribution in [2.24, 2.45) is 0 Å². The topological polar surface area (TPSA) is 80.3 Å². The van der Waals surface area contributed by atoms with Crippen LogP contribution in [0.5, 0.6) is 0 Å². The molecule has 1 aliphatic heterocycles. The predicted molar refractivity (Wildman–Crippen MR) is 68.9 cm³/mol. The highest BCUT2D eigenvalue weighted by Crippen LogP contribution is 2.25. The quantitative estimate of drug-likeness (QED) is 0.794. The molecule has 1 aliphatic rings. The maximum atomic E-state index is 12.8. The van der Waals surface area contributed by atoms with Gasteiger partial charge in [-0.15, -0.1) is 0 Å². The summed E-state index contributed by atoms with van der Waals surface area (Å²) in [6, 6.07) is 3.76. The normalized spacial score (nSPS) is 26.4. The molecule has 1 heterocycles. The van der Waals surface area contributed by atoms with E-state index in [1.165, 1.54) is 7.05 Å². The summed E-state index contributed by atoms with van der Waals surface area (Å²) in [5.74, 6) is -1.14. The highest BCUT2D eigenvalue weighted by atomic mass is 32.2. The lowest BCUT2D eigenvalue weighted by molar-refractivity contribution is 0.553. The first-order valence-corrected chi connectivity index (χ1v) is 9.00. The second-order valence-corrected chi connectivity index (χ2v) is 8.83. The van der Waals surface area contributed by atoms with Crippen LogP contribution in [0.25, 0.3) is 0 Å². The number of hydrogen-bond donors (Lipinski definition) is 1. The van der Waals surface area contributed by atoms with Gasteiger partial charge in [-0.25, -0.2) is 21.2 Å². The fourth-order valence-electron chi connectivity index (χ4n) is 2.19. The van der Waals surface area contributed by atoms with Gasteiger partial charge < -0.3 is 5.32 Å². The molecule has 5 nitrogen and oxygen atoms in total. The summed E-state index contributed by atoms with van der Waals surface area (Å²) in [6.45, 7) is 0. The summed E-state index contributed by atoms with van der Waals surface area (Å²) < 4.78 is 60.7. The van der Waals surface area contributed by atoms with Crippen LogP contribution in [-0.4, -0.2) is 46.7 Å². The van der Waals surface area contributed by atoms with E-state index >= 15 is 0 Å². The number of sulfone groups is 2. The third-order valence-corrected chi connectivity index (χ3v) is 7.38. The molecule has 19 heavy (non-hydrogen) atoms. The van der Waals surface area contributed by atoms with E-state index in [-0.39, 0.29) is 10.6 Å². The van der Waals surface area contributed by atoms with Crippen molar-refractivity contribution in [3.05, 3.63) is 30.1 Å². The smallest absolute Gasteiger partial charge is 0.183 e. The minimum atomic E-state index is -3.80. The van der Waals surface area contributed by atoms with E-state index in [9.17, 15) is 21.2 Å². The number of benzene rings is 1. The summed E-state index contributed by atoms with van der Waals surface area (Å²) in [6.07, 6.45) is 0. The first-order valence-electron chi connectivity index (χ1n) is 5.63. The van der Waals surface area contributed by atoms with Gasteiger partial charge in [0.2, 0.25) is 0 Å². The van der Waals surface area contributed by atoms with Crippen LogP contribution in [0.3, 0.4) is 0 Å². The van der Waals surface area contributed by atoms with Gasteiger partial charge in [0, 0.05) is 6.04 Å². The molecule has 106 valence electrons. The Kier molecular flexibility index (Phi) is 3.67. The van der Waals surface area contributed by atoms with E-state index in [1.54, 1.807) is 0 Å². The Bertz CT molecular complexity index is 667. The van der Waals surface area contributed by atoms with Crippen molar-refractivity contribution in [3.8, 4) is 0 Å². The van der Waals surface area contributed by atoms with Crippen LogP contribution in [-0.2, 0) is 19.7 Å². The molecule has 2 atom stereocenters. The van der Waals surface area contributed by atoms with Gasteiger partial charge in [-0.3, -0.25) is 0 Å². The Morgan fingerprint density at radius 2 is 1.79 bits per heavy atom. The molecule has 1 aromatic rings. The van der Waals surface area contributed by atoms with Crippen LogP contribution in [0, 0.1) is 5.82 Å². The van der Waals surface area contributed by atoms with E-state index in [2.05, 4.69) is 5.32 Å². The Morgan fingerprint density at radius 1 is 1.21 bits per heavy atom. The lowest BCUT2D eigenvalue weighted by atomic mass is 10.3. The third kappa shape index (κ3) is 2.80. The molecule has 0 saturated carbocycles. The molecular formula is C11H14FNO4S2. The number of nitrogens with one attached hydrogen (secondary N) is 1. The molecule has 0 unspecified atom stereocenters. The van der Waals surface area contributed by atoms with Gasteiger partial charge in [-0.05, 0) is 31.3 Å². The molecule has 0 bridgehead atoms. The van der Waals surface area contributed by atoms with Crippen molar-refractivity contribution in [2.75, 3.05) is 18.6 Å². The minimum absolute atomic E-state index is 0.0590. The van der Waals surface area contributed by atoms with Gasteiger partial charge >= 0.3 is 0 Å². The van der Waals surface area contributed by atoms with Crippen LogP contribution >= 0.6 is 0 Å². The third-order valence-electron chi connectivity index (χ3n) is 3.21. The Morgan fingerprint density at radius 3 is 2.32 bits per heavy atom. The van der Waals surface area contributed by atoms with E-state index in [0.717, 1.165) is 24.3 Å². The number of rotatable bonds is 3. The zero-order valence-electron chi connectivity index (χ0n) is 10.2. The molecule has 1 N–H and O–H groups in total. The van der Waals surface area contributed by atoms with Crippen LogP contribution in [0.15, 0.2) is 29.2 Å². The van der Waals surface area contributed by atoms with E-state index in [0.29, 0.717) is 0 Å². The second kappa shape index (κ2) is 4.84. The summed E-state index contributed by atoms with van der Waals surface area (Å²) in [4.78, 5) is -0.0590. The predicted octanol–water partition coefficient (Wildman–Crippen LogP) is -0.0156. The monoisotopic (exact) mass is 307 g/mol. The van der Waals surface area contributed by atoms with Crippen LogP contribution < -0.4 is 5.32 Å². The standard InChI is InChI=1S/C11H14FNO4S2/c1-13-10-6-18(14,15)7-11(10)19(16,17)9-4-2-8(12)3-5-9/h2-5,10-11,13H,6-7H2,1H3/t10-,11-/m0/s1. The van der Waals surface area contributed by atoms with Gasteiger partial charge in [-0.1, -0.05) is 0 Å². The fraction of sp³-hybridized carbons (Fsp3) is 0.455.